The zero-order valence-electron chi connectivity index (χ0n) is 26.1. The second-order valence-corrected chi connectivity index (χ2v) is 13.2. The minimum atomic E-state index is -5.09. The van der Waals surface area contributed by atoms with Gasteiger partial charge in [-0.15, -0.1) is 0 Å². The van der Waals surface area contributed by atoms with Gasteiger partial charge in [-0.05, 0) is 31.0 Å². The number of ketones is 1. The van der Waals surface area contributed by atoms with Crippen molar-refractivity contribution in [3.63, 3.8) is 0 Å². The highest BCUT2D eigenvalue weighted by Gasteiger charge is 2.26. The Bertz CT molecular complexity index is 943. The van der Waals surface area contributed by atoms with Gasteiger partial charge in [-0.1, -0.05) is 90.9 Å². The van der Waals surface area contributed by atoms with Crippen molar-refractivity contribution >= 4 is 25.2 Å². The molecule has 1 amide bonds. The molecule has 1 aromatic carbocycles. The molecule has 0 heterocycles. The lowest BCUT2D eigenvalue weighted by atomic mass is 10.0. The van der Waals surface area contributed by atoms with E-state index in [2.05, 4.69) is 19.2 Å². The highest BCUT2D eigenvalue weighted by Crippen LogP contribution is 2.35. The fourth-order valence-corrected chi connectivity index (χ4v) is 5.01. The molecule has 0 saturated heterocycles. The minimum absolute atomic E-state index is 0.0924. The summed E-state index contributed by atoms with van der Waals surface area (Å²) in [6, 6.07) is 4.75. The average Bonchev–Trinajstić information content (AvgIpc) is 2.86. The summed E-state index contributed by atoms with van der Waals surface area (Å²) >= 11 is 0. The molecule has 0 aliphatic rings. The molecule has 0 aromatic heterocycles. The molecule has 2 atom stereocenters. The van der Waals surface area contributed by atoms with Crippen LogP contribution in [0.15, 0.2) is 18.2 Å². The normalized spacial score (nSPS) is 13.9. The standard InChI is InChI=1S/C31H55N2O7P/c1-6-8-10-12-14-16-18-20-28(34)27-24-26(32-30(35)21-19-17-15-13-11-9-7-2)22-23-29(27)39-31(25-33(3,4)5)40-41(36,37)38/h22-24,31H,6-21,25H2,1-5H3,(H2-,32,35,36,37,38). The number of phosphoric ester groups is 1. The maximum absolute atomic E-state index is 13.3. The van der Waals surface area contributed by atoms with Gasteiger partial charge in [-0.25, -0.2) is 0 Å². The fraction of sp³-hybridized carbons (Fsp3) is 0.742. The second kappa shape index (κ2) is 20.2. The molecule has 0 aliphatic heterocycles. The average molecular weight is 599 g/mol. The van der Waals surface area contributed by atoms with Crippen LogP contribution in [0, 0.1) is 0 Å². The Morgan fingerprint density at radius 1 is 0.878 bits per heavy atom. The monoisotopic (exact) mass is 598 g/mol. The van der Waals surface area contributed by atoms with Crippen LogP contribution in [0.4, 0.5) is 5.69 Å². The van der Waals surface area contributed by atoms with Gasteiger partial charge in [0.05, 0.1) is 26.7 Å². The third-order valence-electron chi connectivity index (χ3n) is 6.78. The van der Waals surface area contributed by atoms with Crippen LogP contribution in [-0.4, -0.2) is 55.0 Å². The van der Waals surface area contributed by atoms with Crippen LogP contribution < -0.4 is 14.9 Å². The maximum Gasteiger partial charge on any atom is 0.268 e. The van der Waals surface area contributed by atoms with Gasteiger partial charge in [0.2, 0.25) is 5.91 Å². The highest BCUT2D eigenvalue weighted by atomic mass is 31.2. The van der Waals surface area contributed by atoms with E-state index in [1.807, 2.05) is 21.1 Å². The molecule has 2 unspecified atom stereocenters. The number of phosphoric acid groups is 1. The van der Waals surface area contributed by atoms with Crippen molar-refractivity contribution in [2.24, 2.45) is 0 Å². The van der Waals surface area contributed by atoms with Gasteiger partial charge >= 0.3 is 0 Å². The van der Waals surface area contributed by atoms with Crippen LogP contribution in [0.1, 0.15) is 127 Å². The zero-order valence-corrected chi connectivity index (χ0v) is 27.0. The molecule has 236 valence electrons. The van der Waals surface area contributed by atoms with Crippen molar-refractivity contribution in [3.05, 3.63) is 23.8 Å². The van der Waals surface area contributed by atoms with Gasteiger partial charge < -0.3 is 24.3 Å². The summed E-state index contributed by atoms with van der Waals surface area (Å²) in [5, 5.41) is 2.89. The highest BCUT2D eigenvalue weighted by molar-refractivity contribution is 7.44. The predicted molar refractivity (Wildman–Crippen MR) is 163 cm³/mol. The lowest BCUT2D eigenvalue weighted by Gasteiger charge is -2.31. The molecule has 0 saturated carbocycles. The molecule has 9 nitrogen and oxygen atoms in total. The number of ether oxygens (including phenoxy) is 1. The Hall–Kier alpha value is -1.77. The minimum Gasteiger partial charge on any atom is -0.756 e. The molecule has 2 N–H and O–H groups in total. The lowest BCUT2D eigenvalue weighted by molar-refractivity contribution is -0.875. The van der Waals surface area contributed by atoms with Gasteiger partial charge in [0.15, 0.2) is 5.78 Å². The van der Waals surface area contributed by atoms with E-state index in [0.717, 1.165) is 44.9 Å². The Morgan fingerprint density at radius 3 is 1.90 bits per heavy atom. The van der Waals surface area contributed by atoms with Crippen LogP contribution in [0.3, 0.4) is 0 Å². The number of likely N-dealkylation sites (N-methyl/N-ethyl adjacent to an activating group) is 1. The largest absolute Gasteiger partial charge is 0.756 e. The predicted octanol–water partition coefficient (Wildman–Crippen LogP) is 6.98. The summed E-state index contributed by atoms with van der Waals surface area (Å²) in [7, 11) is 0.373. The molecule has 0 fully saturated rings. The summed E-state index contributed by atoms with van der Waals surface area (Å²) in [6.07, 6.45) is 14.7. The summed E-state index contributed by atoms with van der Waals surface area (Å²) in [6.45, 7) is 4.46. The molecule has 41 heavy (non-hydrogen) atoms. The number of hydrogen-bond acceptors (Lipinski definition) is 6. The van der Waals surface area contributed by atoms with E-state index in [1.165, 1.54) is 44.9 Å². The summed E-state index contributed by atoms with van der Waals surface area (Å²) in [5.41, 5.74) is 0.729. The first kappa shape index (κ1) is 37.3. The number of anilines is 1. The van der Waals surface area contributed by atoms with Crippen molar-refractivity contribution in [3.8, 4) is 5.75 Å². The first-order chi connectivity index (χ1) is 19.3. The SMILES string of the molecule is CCCCCCCCCC(=O)Nc1ccc(OC(C[N+](C)(C)C)OP(=O)([O-])O)c(C(=O)CCCCCCCCC)c1. The number of unbranched alkanes of at least 4 members (excludes halogenated alkanes) is 12. The van der Waals surface area contributed by atoms with Gasteiger partial charge in [0, 0.05) is 18.5 Å². The quantitative estimate of drug-likeness (QED) is 0.0432. The van der Waals surface area contributed by atoms with Crippen molar-refractivity contribution < 1.29 is 37.7 Å². The van der Waals surface area contributed by atoms with E-state index >= 15 is 0 Å². The number of benzene rings is 1. The van der Waals surface area contributed by atoms with E-state index in [1.54, 1.807) is 18.2 Å². The van der Waals surface area contributed by atoms with Crippen LogP contribution in [0.25, 0.3) is 0 Å². The van der Waals surface area contributed by atoms with Gasteiger partial charge in [0.1, 0.15) is 12.3 Å². The van der Waals surface area contributed by atoms with E-state index in [0.29, 0.717) is 23.0 Å². The smallest absolute Gasteiger partial charge is 0.268 e. The van der Waals surface area contributed by atoms with Crippen molar-refractivity contribution in [2.45, 2.75) is 123 Å². The fourth-order valence-electron chi connectivity index (χ4n) is 4.60. The zero-order chi connectivity index (χ0) is 30.7. The maximum atomic E-state index is 13.3. The molecule has 0 spiro atoms. The summed E-state index contributed by atoms with van der Waals surface area (Å²) < 4.78 is 22.5. The van der Waals surface area contributed by atoms with Gasteiger partial charge in [-0.3, -0.25) is 18.7 Å². The van der Waals surface area contributed by atoms with E-state index < -0.39 is 14.1 Å². The van der Waals surface area contributed by atoms with E-state index in [4.69, 9.17) is 9.26 Å². The first-order valence-corrected chi connectivity index (χ1v) is 17.0. The second-order valence-electron chi connectivity index (χ2n) is 12.0. The molecular weight excluding hydrogens is 543 g/mol. The molecular formula is C31H55N2O7P. The van der Waals surface area contributed by atoms with Crippen LogP contribution in [0.5, 0.6) is 5.75 Å². The Kier molecular flexibility index (Phi) is 18.3. The summed E-state index contributed by atoms with van der Waals surface area (Å²) in [5.74, 6) is -0.124. The molecule has 0 radical (unpaired) electrons. The number of Topliss-reactive ketones (excluding diaryl/α,β-unsaturated/α-hetero) is 1. The third-order valence-corrected chi connectivity index (χ3v) is 7.29. The summed E-state index contributed by atoms with van der Waals surface area (Å²) in [4.78, 5) is 46.7. The van der Waals surface area contributed by atoms with Crippen LogP contribution >= 0.6 is 7.82 Å². The number of nitrogens with zero attached hydrogens (tertiary/aromatic N) is 1. The number of carbonyl (C=O) groups excluding carboxylic acids is 2. The van der Waals surface area contributed by atoms with Crippen molar-refractivity contribution in [1.82, 2.24) is 0 Å². The topological polar surface area (TPSA) is 125 Å². The lowest BCUT2D eigenvalue weighted by Crippen LogP contribution is -2.44. The van der Waals surface area contributed by atoms with Crippen molar-refractivity contribution in [1.29, 1.82) is 0 Å². The Morgan fingerprint density at radius 2 is 1.39 bits per heavy atom. The van der Waals surface area contributed by atoms with Gasteiger partial charge in [-0.2, -0.15) is 0 Å². The number of carbonyl (C=O) groups is 2. The molecule has 0 bridgehead atoms. The molecule has 1 aromatic rings. The molecule has 10 heteroatoms. The van der Waals surface area contributed by atoms with E-state index in [-0.39, 0.29) is 29.5 Å². The number of hydrogen-bond donors (Lipinski definition) is 2. The van der Waals surface area contributed by atoms with Crippen LogP contribution in [0.2, 0.25) is 0 Å². The number of quaternary nitrogens is 1. The van der Waals surface area contributed by atoms with Gasteiger partial charge in [0.25, 0.3) is 14.1 Å². The Labute approximate surface area is 248 Å². The molecule has 1 rings (SSSR count). The number of rotatable bonds is 24. The Balaban J connectivity index is 2.95. The molecule has 0 aliphatic carbocycles. The van der Waals surface area contributed by atoms with Crippen molar-refractivity contribution in [2.75, 3.05) is 33.0 Å². The first-order valence-electron chi connectivity index (χ1n) is 15.5. The number of nitrogens with one attached hydrogen (secondary N) is 1. The van der Waals surface area contributed by atoms with Crippen LogP contribution in [-0.2, 0) is 13.9 Å². The number of amides is 1. The third kappa shape index (κ3) is 19.1. The van der Waals surface area contributed by atoms with E-state index in [9.17, 15) is 23.9 Å².